The zero-order valence-corrected chi connectivity index (χ0v) is 18.8. The standard InChI is InChI=1S/C12H20N.C5H5.2C2H5O.Ti/c1-11(2,3)9-7-8-10(13-9)12(4,5)6;1-2-4-5-3-1;2*1-2-3;/h7-8H,1-6H3;1-3H,4H2;2*2H2,1H3;/q;;2*-1;+2. The van der Waals surface area contributed by atoms with Gasteiger partial charge in [0.25, 0.3) is 0 Å². The Kier molecular flexibility index (Phi) is 6.06. The van der Waals surface area contributed by atoms with Crippen molar-refractivity contribution in [1.82, 2.24) is 0 Å². The molecular formula is C21H35NO2Ti. The SMILES string of the molecule is CC[O][Ti]([O]CC)([C]1=CC=CC1)[C]1(C(C)(C)C)C=CC(C(C)(C)C)=N1. The molecule has 2 aliphatic rings. The van der Waals surface area contributed by atoms with Crippen molar-refractivity contribution in [3.05, 3.63) is 34.3 Å². The van der Waals surface area contributed by atoms with Crippen LogP contribution in [0, 0.1) is 10.8 Å². The van der Waals surface area contributed by atoms with Crippen LogP contribution in [-0.2, 0) is 24.0 Å². The molecule has 1 atom stereocenters. The van der Waals surface area contributed by atoms with Gasteiger partial charge < -0.3 is 0 Å². The maximum atomic E-state index is 6.63. The average molecular weight is 381 g/mol. The van der Waals surface area contributed by atoms with E-state index in [1.54, 1.807) is 0 Å². The van der Waals surface area contributed by atoms with E-state index in [0.29, 0.717) is 13.2 Å². The normalized spacial score (nSPS) is 24.0. The second-order valence-electron chi connectivity index (χ2n) is 8.90. The number of allylic oxidation sites excluding steroid dienone is 5. The average Bonchev–Trinajstić information content (AvgIpc) is 3.16. The Hall–Kier alpha value is -0.476. The molecule has 4 heteroatoms. The molecule has 0 fully saturated rings. The Morgan fingerprint density at radius 3 is 2.04 bits per heavy atom. The molecule has 0 saturated heterocycles. The van der Waals surface area contributed by atoms with Crippen LogP contribution < -0.4 is 0 Å². The summed E-state index contributed by atoms with van der Waals surface area (Å²) in [5.74, 6) is 0. The minimum atomic E-state index is -3.48. The van der Waals surface area contributed by atoms with Crippen LogP contribution in [0.3, 0.4) is 0 Å². The first-order valence-corrected chi connectivity index (χ1v) is 12.3. The van der Waals surface area contributed by atoms with E-state index >= 15 is 0 Å². The molecule has 0 saturated carbocycles. The topological polar surface area (TPSA) is 30.8 Å². The number of aliphatic imine (C=N–C) groups is 1. The molecule has 2 rings (SSSR count). The molecule has 0 aromatic rings. The van der Waals surface area contributed by atoms with Crippen molar-refractivity contribution in [1.29, 1.82) is 0 Å². The monoisotopic (exact) mass is 381 g/mol. The van der Waals surface area contributed by atoms with Gasteiger partial charge in [-0.3, -0.25) is 0 Å². The van der Waals surface area contributed by atoms with Crippen molar-refractivity contribution >= 4 is 5.71 Å². The summed E-state index contributed by atoms with van der Waals surface area (Å²) in [6.07, 6.45) is 12.0. The Labute approximate surface area is 158 Å². The van der Waals surface area contributed by atoms with Gasteiger partial charge in [-0.15, -0.1) is 0 Å². The van der Waals surface area contributed by atoms with Gasteiger partial charge in [-0.1, -0.05) is 0 Å². The van der Waals surface area contributed by atoms with Gasteiger partial charge in [0, 0.05) is 0 Å². The molecule has 0 spiro atoms. The third-order valence-electron chi connectivity index (χ3n) is 5.08. The third kappa shape index (κ3) is 3.54. The number of rotatable bonds is 6. The zero-order chi connectivity index (χ0) is 18.9. The van der Waals surface area contributed by atoms with E-state index in [9.17, 15) is 0 Å². The molecule has 1 aliphatic carbocycles. The third-order valence-corrected chi connectivity index (χ3v) is 12.3. The van der Waals surface area contributed by atoms with Gasteiger partial charge in [-0.05, 0) is 0 Å². The first-order chi connectivity index (χ1) is 11.5. The van der Waals surface area contributed by atoms with Crippen LogP contribution in [-0.4, -0.2) is 22.8 Å². The fourth-order valence-corrected chi connectivity index (χ4v) is 10.7. The molecule has 25 heavy (non-hydrogen) atoms. The first-order valence-electron chi connectivity index (χ1n) is 9.47. The van der Waals surface area contributed by atoms with E-state index in [4.69, 9.17) is 11.6 Å². The summed E-state index contributed by atoms with van der Waals surface area (Å²) in [6.45, 7) is 18.9. The summed E-state index contributed by atoms with van der Waals surface area (Å²) >= 11 is -3.48. The van der Waals surface area contributed by atoms with Crippen LogP contribution in [0.4, 0.5) is 0 Å². The van der Waals surface area contributed by atoms with E-state index in [-0.39, 0.29) is 10.8 Å². The zero-order valence-electron chi connectivity index (χ0n) is 17.3. The van der Waals surface area contributed by atoms with Crippen LogP contribution in [0.25, 0.3) is 0 Å². The molecule has 0 radical (unpaired) electrons. The van der Waals surface area contributed by atoms with Gasteiger partial charge in [-0.2, -0.15) is 0 Å². The van der Waals surface area contributed by atoms with Gasteiger partial charge in [0.1, 0.15) is 0 Å². The van der Waals surface area contributed by atoms with Gasteiger partial charge in [-0.25, -0.2) is 0 Å². The van der Waals surface area contributed by atoms with Crippen molar-refractivity contribution in [2.75, 3.05) is 13.2 Å². The second kappa shape index (κ2) is 7.27. The van der Waals surface area contributed by atoms with E-state index in [1.807, 2.05) is 0 Å². The molecule has 140 valence electrons. The van der Waals surface area contributed by atoms with Crippen molar-refractivity contribution in [3.63, 3.8) is 0 Å². The van der Waals surface area contributed by atoms with Crippen molar-refractivity contribution in [2.24, 2.45) is 15.8 Å². The van der Waals surface area contributed by atoms with Gasteiger partial charge in [0.15, 0.2) is 0 Å². The molecule has 1 aliphatic heterocycles. The second-order valence-corrected chi connectivity index (χ2v) is 13.9. The Balaban J connectivity index is 2.73. The van der Waals surface area contributed by atoms with Gasteiger partial charge in [0.2, 0.25) is 0 Å². The van der Waals surface area contributed by atoms with Crippen LogP contribution >= 0.6 is 0 Å². The molecule has 0 bridgehead atoms. The summed E-state index contributed by atoms with van der Waals surface area (Å²) in [5, 5.41) is 0. The maximum absolute atomic E-state index is 6.63. The predicted molar refractivity (Wildman–Crippen MR) is 103 cm³/mol. The van der Waals surface area contributed by atoms with E-state index in [1.165, 1.54) is 3.88 Å². The van der Waals surface area contributed by atoms with Gasteiger partial charge >= 0.3 is 159 Å². The summed E-state index contributed by atoms with van der Waals surface area (Å²) < 4.78 is 14.2. The molecule has 1 unspecified atom stereocenters. The van der Waals surface area contributed by atoms with Crippen molar-refractivity contribution in [3.8, 4) is 0 Å². The predicted octanol–water partition coefficient (Wildman–Crippen LogP) is 5.69. The Bertz CT molecular complexity index is 611. The quantitative estimate of drug-likeness (QED) is 0.554. The van der Waals surface area contributed by atoms with E-state index in [0.717, 1.165) is 12.1 Å². The van der Waals surface area contributed by atoms with Crippen molar-refractivity contribution in [2.45, 2.75) is 65.7 Å². The van der Waals surface area contributed by atoms with E-state index < -0.39 is 21.2 Å². The summed E-state index contributed by atoms with van der Waals surface area (Å²) in [4.78, 5) is 5.39. The number of hydrogen-bond donors (Lipinski definition) is 0. The fourth-order valence-electron chi connectivity index (χ4n) is 3.77. The first kappa shape index (κ1) is 20.8. The van der Waals surface area contributed by atoms with Gasteiger partial charge in [0.05, 0.1) is 0 Å². The Morgan fingerprint density at radius 1 is 1.08 bits per heavy atom. The number of nitrogens with zero attached hydrogens (tertiary/aromatic N) is 1. The molecule has 0 aromatic carbocycles. The van der Waals surface area contributed by atoms with Crippen LogP contribution in [0.2, 0.25) is 0 Å². The van der Waals surface area contributed by atoms with Crippen LogP contribution in [0.15, 0.2) is 39.3 Å². The van der Waals surface area contributed by atoms with Crippen LogP contribution in [0.5, 0.6) is 0 Å². The Morgan fingerprint density at radius 2 is 1.68 bits per heavy atom. The molecule has 0 aromatic heterocycles. The molecule has 3 nitrogen and oxygen atoms in total. The van der Waals surface area contributed by atoms with Crippen LogP contribution in [0.1, 0.15) is 61.8 Å². The fraction of sp³-hybridized carbons (Fsp3) is 0.667. The summed E-state index contributed by atoms with van der Waals surface area (Å²) in [5.41, 5.74) is 1.06. The molecule has 0 N–H and O–H groups in total. The van der Waals surface area contributed by atoms with Crippen molar-refractivity contribution < 1.29 is 24.0 Å². The molecule has 1 heterocycles. The minimum absolute atomic E-state index is 0.0121. The van der Waals surface area contributed by atoms with E-state index in [2.05, 4.69) is 85.8 Å². The molecular weight excluding hydrogens is 346 g/mol. The number of hydrogen-bond acceptors (Lipinski definition) is 3. The summed E-state index contributed by atoms with van der Waals surface area (Å²) in [7, 11) is 0. The molecule has 0 amide bonds. The summed E-state index contributed by atoms with van der Waals surface area (Å²) in [6, 6.07) is 0.